The SMILES string of the molecule is CC(=O)OC[C@H]1O[C@@H](S[C@@H]2C=C[C@H]3[C@H]4Cc5ccc(OC(C)=O)c6c5[C@@]3(CCN4C)[C@H]2O6)[C@H](OC(C)=O)[C@@H](OC(C)=O)[C@@H]1OC(C)=O. The van der Waals surface area contributed by atoms with Gasteiger partial charge in [0.05, 0.1) is 5.25 Å². The Kier molecular flexibility index (Phi) is 9.05. The average molecular weight is 674 g/mol. The molecule has 3 aliphatic heterocycles. The van der Waals surface area contributed by atoms with E-state index in [0.29, 0.717) is 11.5 Å². The van der Waals surface area contributed by atoms with Gasteiger partial charge in [0.25, 0.3) is 0 Å². The van der Waals surface area contributed by atoms with Crippen molar-refractivity contribution < 1.29 is 57.1 Å². The third kappa shape index (κ3) is 5.99. The van der Waals surface area contributed by atoms with Gasteiger partial charge in [0.1, 0.15) is 24.3 Å². The van der Waals surface area contributed by atoms with Crippen molar-refractivity contribution in [3.8, 4) is 11.5 Å². The highest BCUT2D eigenvalue weighted by atomic mass is 32.2. The molecule has 0 saturated carbocycles. The zero-order valence-corrected chi connectivity index (χ0v) is 27.9. The van der Waals surface area contributed by atoms with Crippen LogP contribution in [-0.4, -0.2) is 102 Å². The van der Waals surface area contributed by atoms with Crippen molar-refractivity contribution in [2.75, 3.05) is 20.2 Å². The van der Waals surface area contributed by atoms with Crippen molar-refractivity contribution in [2.24, 2.45) is 5.92 Å². The number of rotatable bonds is 8. The van der Waals surface area contributed by atoms with Crippen molar-refractivity contribution in [1.29, 1.82) is 0 Å². The summed E-state index contributed by atoms with van der Waals surface area (Å²) in [6.45, 7) is 6.71. The van der Waals surface area contributed by atoms with E-state index >= 15 is 0 Å². The Labute approximate surface area is 276 Å². The van der Waals surface area contributed by atoms with Gasteiger partial charge in [0, 0.05) is 57.6 Å². The van der Waals surface area contributed by atoms with Gasteiger partial charge in [-0.2, -0.15) is 0 Å². The quantitative estimate of drug-likeness (QED) is 0.172. The highest BCUT2D eigenvalue weighted by molar-refractivity contribution is 8.00. The van der Waals surface area contributed by atoms with Crippen LogP contribution in [0.1, 0.15) is 52.2 Å². The third-order valence-corrected chi connectivity index (χ3v) is 11.0. The number of esters is 5. The summed E-state index contributed by atoms with van der Waals surface area (Å²) in [5.41, 5.74) is 0.814. The fraction of sp³-hybridized carbons (Fsp3) is 0.606. The molecule has 2 fully saturated rings. The molecule has 0 aromatic heterocycles. The largest absolute Gasteiger partial charge is 0.484 e. The van der Waals surface area contributed by atoms with Crippen molar-refractivity contribution in [3.63, 3.8) is 0 Å². The molecule has 0 N–H and O–H groups in total. The van der Waals surface area contributed by atoms with E-state index in [-0.39, 0.29) is 23.8 Å². The lowest BCUT2D eigenvalue weighted by Gasteiger charge is -2.57. The smallest absolute Gasteiger partial charge is 0.308 e. The molecule has 2 aliphatic carbocycles. The maximum atomic E-state index is 12.4. The minimum Gasteiger partial charge on any atom is -0.484 e. The standard InChI is InChI=1S/C33H39NO12S/c1-15(35)40-14-24-28(42-17(3)37)29(43-18(4)38)30(44-19(5)39)32(45-24)47-25-10-8-21-22-13-20-7-9-23(41-16(2)36)27-26(20)33(21,31(25)46-27)11-12-34(22)6/h7-10,21-22,24-25,28-32H,11-14H2,1-6H3/t21-,22+,24+,25+,28+,29-,30+,31-,32-,33-/m0/s1. The van der Waals surface area contributed by atoms with Crippen LogP contribution in [0.15, 0.2) is 24.3 Å². The van der Waals surface area contributed by atoms with Crippen LogP contribution >= 0.6 is 11.8 Å². The molecule has 13 nitrogen and oxygen atoms in total. The summed E-state index contributed by atoms with van der Waals surface area (Å²) < 4.78 is 41.1. The Balaban J connectivity index is 1.40. The fourth-order valence-electron chi connectivity index (χ4n) is 8.01. The van der Waals surface area contributed by atoms with Crippen LogP contribution in [0.25, 0.3) is 0 Å². The number of piperidine rings is 1. The molecule has 2 bridgehead atoms. The predicted molar refractivity (Wildman–Crippen MR) is 165 cm³/mol. The molecular formula is C33H39NO12S. The maximum Gasteiger partial charge on any atom is 0.308 e. The summed E-state index contributed by atoms with van der Waals surface area (Å²) >= 11 is 1.32. The highest BCUT2D eigenvalue weighted by Crippen LogP contribution is 2.64. The third-order valence-electron chi connectivity index (χ3n) is 9.61. The molecular weight excluding hydrogens is 634 g/mol. The van der Waals surface area contributed by atoms with Gasteiger partial charge in [0.15, 0.2) is 29.8 Å². The summed E-state index contributed by atoms with van der Waals surface area (Å²) in [5, 5.41) is -0.375. The Bertz CT molecular complexity index is 1510. The second-order valence-corrected chi connectivity index (χ2v) is 14.0. The Morgan fingerprint density at radius 3 is 2.23 bits per heavy atom. The summed E-state index contributed by atoms with van der Waals surface area (Å²) in [6.07, 6.45) is 0.726. The number of benzene rings is 1. The molecule has 0 amide bonds. The molecule has 2 saturated heterocycles. The van der Waals surface area contributed by atoms with Gasteiger partial charge in [0.2, 0.25) is 0 Å². The van der Waals surface area contributed by atoms with E-state index in [1.165, 1.54) is 46.4 Å². The minimum atomic E-state index is -1.27. The lowest BCUT2D eigenvalue weighted by atomic mass is 9.53. The molecule has 1 spiro atoms. The predicted octanol–water partition coefficient (Wildman–Crippen LogP) is 2.24. The molecule has 0 radical (unpaired) electrons. The number of hydrogen-bond acceptors (Lipinski definition) is 14. The van der Waals surface area contributed by atoms with Crippen molar-refractivity contribution in [2.45, 2.75) is 100 Å². The van der Waals surface area contributed by atoms with Gasteiger partial charge >= 0.3 is 29.8 Å². The van der Waals surface area contributed by atoms with Crippen LogP contribution in [0.5, 0.6) is 11.5 Å². The summed E-state index contributed by atoms with van der Waals surface area (Å²) in [5.74, 6) is -2.03. The first-order chi connectivity index (χ1) is 22.3. The zero-order valence-electron chi connectivity index (χ0n) is 27.1. The topological polar surface area (TPSA) is 153 Å². The van der Waals surface area contributed by atoms with Crippen LogP contribution in [-0.2, 0) is 59.5 Å². The van der Waals surface area contributed by atoms with E-state index in [4.69, 9.17) is 33.2 Å². The number of likely N-dealkylation sites (N-methyl/N-ethyl adjacent to an activating group) is 1. The molecule has 14 heteroatoms. The number of nitrogens with zero attached hydrogens (tertiary/aromatic N) is 1. The van der Waals surface area contributed by atoms with E-state index in [1.54, 1.807) is 6.07 Å². The Morgan fingerprint density at radius 2 is 1.57 bits per heavy atom. The molecule has 254 valence electrons. The number of carbonyl (C=O) groups is 5. The second-order valence-electron chi connectivity index (χ2n) is 12.7. The number of thioether (sulfide) groups is 1. The lowest BCUT2D eigenvalue weighted by molar-refractivity contribution is -0.237. The van der Waals surface area contributed by atoms with E-state index in [2.05, 4.69) is 24.1 Å². The van der Waals surface area contributed by atoms with Crippen LogP contribution in [0.4, 0.5) is 0 Å². The first-order valence-corrected chi connectivity index (χ1v) is 16.6. The van der Waals surface area contributed by atoms with Gasteiger partial charge in [-0.15, -0.1) is 11.8 Å². The van der Waals surface area contributed by atoms with Crippen LogP contribution in [0.3, 0.4) is 0 Å². The number of likely N-dealkylation sites (tertiary alicyclic amines) is 1. The Morgan fingerprint density at radius 1 is 0.894 bits per heavy atom. The van der Waals surface area contributed by atoms with E-state index in [0.717, 1.165) is 30.5 Å². The fourth-order valence-corrected chi connectivity index (χ4v) is 9.52. The monoisotopic (exact) mass is 673 g/mol. The highest BCUT2D eigenvalue weighted by Gasteiger charge is 2.65. The molecule has 1 aromatic carbocycles. The zero-order chi connectivity index (χ0) is 33.8. The van der Waals surface area contributed by atoms with Crippen LogP contribution in [0, 0.1) is 5.92 Å². The lowest BCUT2D eigenvalue weighted by Crippen LogP contribution is -2.65. The molecule has 1 aromatic rings. The van der Waals surface area contributed by atoms with E-state index < -0.39 is 71.2 Å². The minimum absolute atomic E-state index is 0.125. The van der Waals surface area contributed by atoms with Crippen LogP contribution < -0.4 is 9.47 Å². The Hall–Kier alpha value is -3.62. The van der Waals surface area contributed by atoms with Crippen LogP contribution in [0.2, 0.25) is 0 Å². The molecule has 0 unspecified atom stereocenters. The maximum absolute atomic E-state index is 12.4. The van der Waals surface area contributed by atoms with Crippen molar-refractivity contribution in [1.82, 2.24) is 4.90 Å². The first-order valence-electron chi connectivity index (χ1n) is 15.7. The van der Waals surface area contributed by atoms with E-state index in [9.17, 15) is 24.0 Å². The molecule has 3 heterocycles. The van der Waals surface area contributed by atoms with Crippen molar-refractivity contribution >= 4 is 41.6 Å². The van der Waals surface area contributed by atoms with Gasteiger partial charge in [-0.3, -0.25) is 24.0 Å². The molecule has 47 heavy (non-hydrogen) atoms. The van der Waals surface area contributed by atoms with E-state index in [1.807, 2.05) is 6.07 Å². The number of ether oxygens (including phenoxy) is 7. The first kappa shape index (κ1) is 33.3. The summed E-state index contributed by atoms with van der Waals surface area (Å²) in [4.78, 5) is 63.2. The van der Waals surface area contributed by atoms with Gasteiger partial charge < -0.3 is 38.1 Å². The molecule has 6 rings (SSSR count). The van der Waals surface area contributed by atoms with Gasteiger partial charge in [-0.05, 0) is 38.1 Å². The summed E-state index contributed by atoms with van der Waals surface area (Å²) in [6, 6.07) is 4.04. The summed E-state index contributed by atoms with van der Waals surface area (Å²) in [7, 11) is 2.13. The van der Waals surface area contributed by atoms with Gasteiger partial charge in [-0.25, -0.2) is 0 Å². The average Bonchev–Trinajstić information content (AvgIpc) is 3.33. The normalized spacial score (nSPS) is 34.7. The van der Waals surface area contributed by atoms with Crippen molar-refractivity contribution in [3.05, 3.63) is 35.4 Å². The number of hydrogen-bond donors (Lipinski definition) is 0. The molecule has 10 atom stereocenters. The number of carbonyl (C=O) groups excluding carboxylic acids is 5. The molecule has 5 aliphatic rings. The van der Waals surface area contributed by atoms with Gasteiger partial charge in [-0.1, -0.05) is 18.2 Å². The second kappa shape index (κ2) is 12.8.